The van der Waals surface area contributed by atoms with Gasteiger partial charge in [-0.2, -0.15) is 40.0 Å². The van der Waals surface area contributed by atoms with E-state index in [4.69, 9.17) is 9.72 Å². The van der Waals surface area contributed by atoms with Crippen molar-refractivity contribution in [3.8, 4) is 17.6 Å². The Morgan fingerprint density at radius 2 is 1.76 bits per heavy atom. The molecular weight excluding hydrogens is 600 g/mol. The number of nitrogens with zero attached hydrogens (tertiary/aromatic N) is 1. The average molecular weight is 639 g/mol. The zero-order valence-corrected chi connectivity index (χ0v) is 26.4. The van der Waals surface area contributed by atoms with E-state index < -0.39 is 24.1 Å². The molecule has 46 heavy (non-hydrogen) atoms. The number of allylic oxidation sites excluding steroid dienone is 2. The summed E-state index contributed by atoms with van der Waals surface area (Å²) in [4.78, 5) is 4.80. The molecule has 2 aliphatic carbocycles. The van der Waals surface area contributed by atoms with Crippen LogP contribution in [0.15, 0.2) is 60.8 Å². The first-order chi connectivity index (χ1) is 21.8. The van der Waals surface area contributed by atoms with Gasteiger partial charge in [-0.15, -0.1) is 0 Å². The number of alkyl halides is 5. The van der Waals surface area contributed by atoms with Crippen LogP contribution in [0, 0.1) is 41.3 Å². The topological polar surface area (TPSA) is 22.1 Å². The van der Waals surface area contributed by atoms with E-state index in [0.717, 1.165) is 39.8 Å². The van der Waals surface area contributed by atoms with Crippen LogP contribution in [0.5, 0.6) is 5.75 Å². The molecule has 244 valence electrons. The fourth-order valence-electron chi connectivity index (χ4n) is 6.73. The van der Waals surface area contributed by atoms with Crippen molar-refractivity contribution in [3.05, 3.63) is 101 Å². The van der Waals surface area contributed by atoms with Gasteiger partial charge in [0, 0.05) is 17.7 Å². The van der Waals surface area contributed by atoms with Gasteiger partial charge in [0.1, 0.15) is 11.6 Å². The second kappa shape index (κ2) is 13.5. The summed E-state index contributed by atoms with van der Waals surface area (Å²) >= 11 is 0. The molecule has 2 aromatic carbocycles. The molecule has 1 heterocycles. The van der Waals surface area contributed by atoms with Crippen LogP contribution >= 0.6 is 0 Å². The summed E-state index contributed by atoms with van der Waals surface area (Å²) in [6, 6.07) is 14.9. The van der Waals surface area contributed by atoms with Crippen molar-refractivity contribution in [1.29, 1.82) is 0 Å². The van der Waals surface area contributed by atoms with Gasteiger partial charge in [0.2, 0.25) is 0 Å². The van der Waals surface area contributed by atoms with Crippen molar-refractivity contribution in [2.45, 2.75) is 84.4 Å². The molecule has 2 aliphatic rings. The molecule has 0 saturated heterocycles. The van der Waals surface area contributed by atoms with Crippen molar-refractivity contribution in [2.75, 3.05) is 0 Å². The van der Waals surface area contributed by atoms with Gasteiger partial charge in [0.05, 0.1) is 5.41 Å². The zero-order valence-electron chi connectivity index (χ0n) is 26.4. The number of aromatic nitrogens is 1. The van der Waals surface area contributed by atoms with E-state index in [1.165, 1.54) is 18.2 Å². The van der Waals surface area contributed by atoms with Gasteiger partial charge >= 0.3 is 12.8 Å². The minimum atomic E-state index is -4.22. The highest BCUT2D eigenvalue weighted by Gasteiger charge is 2.66. The van der Waals surface area contributed by atoms with Crippen molar-refractivity contribution in [2.24, 2.45) is 17.3 Å². The quantitative estimate of drug-likeness (QED) is 0.132. The SMILES string of the molecule is CCCC#CC1=C(c2ccc([CH-]C(C)C(C)C3(C(F)(F)F)CC3)cn2)CC(c2ccc(F)cc2)C(C)c2cc(OC(F)F)ccc21. The van der Waals surface area contributed by atoms with Gasteiger partial charge in [-0.3, -0.25) is 0 Å². The first kappa shape index (κ1) is 33.5. The minimum absolute atomic E-state index is 0.0441. The smallest absolute Gasteiger partial charge is 0.394 e. The number of halogens is 6. The number of benzene rings is 2. The van der Waals surface area contributed by atoms with Gasteiger partial charge < -0.3 is 9.72 Å². The number of fused-ring (bicyclic) bond motifs is 1. The fourth-order valence-corrected chi connectivity index (χ4v) is 6.73. The summed E-state index contributed by atoms with van der Waals surface area (Å²) in [6.45, 7) is 4.56. The predicted octanol–water partition coefficient (Wildman–Crippen LogP) is 11.0. The number of unbranched alkanes of at least 4 members (excludes halogenated alkanes) is 1. The van der Waals surface area contributed by atoms with Crippen molar-refractivity contribution in [1.82, 2.24) is 4.98 Å². The third-order valence-corrected chi connectivity index (χ3v) is 9.79. The lowest BCUT2D eigenvalue weighted by Gasteiger charge is -2.33. The van der Waals surface area contributed by atoms with Crippen LogP contribution in [-0.4, -0.2) is 17.8 Å². The Morgan fingerprint density at radius 1 is 1.04 bits per heavy atom. The van der Waals surface area contributed by atoms with Gasteiger partial charge in [-0.1, -0.05) is 69.8 Å². The maximum atomic E-state index is 13.9. The van der Waals surface area contributed by atoms with E-state index in [1.807, 2.05) is 39.3 Å². The van der Waals surface area contributed by atoms with Gasteiger partial charge in [-0.25, -0.2) is 4.39 Å². The largest absolute Gasteiger partial charge is 0.435 e. The summed E-state index contributed by atoms with van der Waals surface area (Å²) in [5.74, 6) is 5.05. The van der Waals surface area contributed by atoms with Crippen LogP contribution in [0.3, 0.4) is 0 Å². The molecule has 4 unspecified atom stereocenters. The molecule has 0 radical (unpaired) electrons. The Balaban J connectivity index is 1.57. The second-order valence-electron chi connectivity index (χ2n) is 12.6. The lowest BCUT2D eigenvalue weighted by molar-refractivity contribution is -0.204. The van der Waals surface area contributed by atoms with E-state index >= 15 is 0 Å². The Labute approximate surface area is 267 Å². The fraction of sp³-hybridized carbons (Fsp3) is 0.421. The van der Waals surface area contributed by atoms with Crippen molar-refractivity contribution >= 4 is 11.1 Å². The molecule has 4 atom stereocenters. The van der Waals surface area contributed by atoms with Crippen molar-refractivity contribution < 1.29 is 31.1 Å². The minimum Gasteiger partial charge on any atom is -0.435 e. The van der Waals surface area contributed by atoms with Crippen LogP contribution in [0.25, 0.3) is 11.1 Å². The molecular formula is C38H38F6NO-. The Hall–Kier alpha value is -3.86. The number of pyridine rings is 1. The van der Waals surface area contributed by atoms with Crippen LogP contribution in [0.4, 0.5) is 26.3 Å². The van der Waals surface area contributed by atoms with Crippen LogP contribution in [0.2, 0.25) is 0 Å². The highest BCUT2D eigenvalue weighted by Crippen LogP contribution is 2.64. The molecule has 0 N–H and O–H groups in total. The van der Waals surface area contributed by atoms with E-state index in [1.54, 1.807) is 37.4 Å². The molecule has 0 amide bonds. The monoisotopic (exact) mass is 638 g/mol. The van der Waals surface area contributed by atoms with Crippen LogP contribution in [-0.2, 0) is 0 Å². The molecule has 8 heteroatoms. The van der Waals surface area contributed by atoms with Crippen LogP contribution in [0.1, 0.15) is 99.6 Å². The summed E-state index contributed by atoms with van der Waals surface area (Å²) in [5.41, 5.74) is 3.82. The predicted molar refractivity (Wildman–Crippen MR) is 168 cm³/mol. The number of ether oxygens (including phenoxy) is 1. The first-order valence-corrected chi connectivity index (χ1v) is 15.8. The molecule has 1 saturated carbocycles. The molecule has 5 rings (SSSR count). The number of hydrogen-bond donors (Lipinski definition) is 0. The third-order valence-electron chi connectivity index (χ3n) is 9.79. The zero-order chi connectivity index (χ0) is 33.2. The van der Waals surface area contributed by atoms with E-state index in [0.29, 0.717) is 18.5 Å². The number of hydrogen-bond acceptors (Lipinski definition) is 2. The Bertz CT molecular complexity index is 1610. The van der Waals surface area contributed by atoms with E-state index in [2.05, 4.69) is 11.8 Å². The molecule has 2 nitrogen and oxygen atoms in total. The normalized spacial score (nSPS) is 20.2. The van der Waals surface area contributed by atoms with E-state index in [-0.39, 0.29) is 42.2 Å². The Kier molecular flexibility index (Phi) is 9.81. The maximum absolute atomic E-state index is 13.9. The Morgan fingerprint density at radius 3 is 2.35 bits per heavy atom. The van der Waals surface area contributed by atoms with Crippen molar-refractivity contribution in [3.63, 3.8) is 0 Å². The third kappa shape index (κ3) is 6.94. The second-order valence-corrected chi connectivity index (χ2v) is 12.6. The highest BCUT2D eigenvalue weighted by molar-refractivity contribution is 5.99. The summed E-state index contributed by atoms with van der Waals surface area (Å²) in [7, 11) is 0. The maximum Gasteiger partial charge on any atom is 0.394 e. The standard InChI is InChI=1S/C38H38F6NO/c1-5-6-7-8-30-31-15-14-29(46-36(40)41)20-33(31)24(3)32(27-10-12-28(39)13-11-27)21-34(30)35-16-9-26(22-45-35)19-23(2)25(4)37(17-18-37)38(42,43)44/h9-16,19-20,22-25,32,36H,5-6,17-18,21H2,1-4H3/q-1. The molecule has 0 spiro atoms. The van der Waals surface area contributed by atoms with Gasteiger partial charge in [-0.05, 0) is 96.0 Å². The summed E-state index contributed by atoms with van der Waals surface area (Å²) < 4.78 is 86.4. The molecule has 1 aromatic heterocycles. The average Bonchev–Trinajstić information content (AvgIpc) is 3.84. The van der Waals surface area contributed by atoms with Gasteiger partial charge in [0.25, 0.3) is 0 Å². The molecule has 0 bridgehead atoms. The molecule has 3 aromatic rings. The molecule has 0 aliphatic heterocycles. The highest BCUT2D eigenvalue weighted by atomic mass is 19.4. The van der Waals surface area contributed by atoms with Gasteiger partial charge in [0.15, 0.2) is 0 Å². The lowest BCUT2D eigenvalue weighted by Crippen LogP contribution is -2.34. The molecule has 1 fully saturated rings. The van der Waals surface area contributed by atoms with E-state index in [9.17, 15) is 26.3 Å². The summed E-state index contributed by atoms with van der Waals surface area (Å²) in [6.07, 6.45) is 1.62. The number of rotatable bonds is 9. The summed E-state index contributed by atoms with van der Waals surface area (Å²) in [5, 5.41) is 0. The first-order valence-electron chi connectivity index (χ1n) is 15.8. The van der Waals surface area contributed by atoms with Crippen LogP contribution < -0.4 is 4.74 Å². The lowest BCUT2D eigenvalue weighted by atomic mass is 9.78.